The molecule has 0 aliphatic heterocycles. The molecule has 1 aromatic rings. The summed E-state index contributed by atoms with van der Waals surface area (Å²) in [6.07, 6.45) is 17.8. The lowest BCUT2D eigenvalue weighted by atomic mass is 9.39. The highest BCUT2D eigenvalue weighted by molar-refractivity contribution is 5.49. The Balaban J connectivity index is 1.69. The minimum atomic E-state index is 0.355. The molecule has 0 aromatic carbocycles. The van der Waals surface area contributed by atoms with Gasteiger partial charge in [0.05, 0.1) is 12.5 Å². The first-order valence-electron chi connectivity index (χ1n) is 10.7. The second kappa shape index (κ2) is 6.14. The summed E-state index contributed by atoms with van der Waals surface area (Å²) in [5.74, 6) is 2.20. The van der Waals surface area contributed by atoms with Gasteiger partial charge in [-0.15, -0.1) is 0 Å². The highest BCUT2D eigenvalue weighted by Crippen LogP contribution is 2.69. The lowest BCUT2D eigenvalue weighted by molar-refractivity contribution is -0.147. The maximum atomic E-state index is 5.25. The minimum absolute atomic E-state index is 0.355. The maximum Gasteiger partial charge on any atom is 0.0974 e. The van der Waals surface area contributed by atoms with Crippen LogP contribution in [0.2, 0.25) is 0 Å². The van der Waals surface area contributed by atoms with Crippen LogP contribution in [0.3, 0.4) is 0 Å². The topological polar surface area (TPSA) is 13.1 Å². The van der Waals surface area contributed by atoms with Gasteiger partial charge in [-0.05, 0) is 72.7 Å². The first kappa shape index (κ1) is 18.1. The molecule has 0 unspecified atom stereocenters. The molecule has 3 saturated carbocycles. The van der Waals surface area contributed by atoms with E-state index < -0.39 is 0 Å². The quantitative estimate of drug-likeness (QED) is 0.502. The van der Waals surface area contributed by atoms with Crippen LogP contribution in [0.4, 0.5) is 0 Å². The van der Waals surface area contributed by atoms with Crippen LogP contribution in [-0.4, -0.2) is 0 Å². The second-order valence-corrected chi connectivity index (χ2v) is 10.6. The van der Waals surface area contributed by atoms with Gasteiger partial charge in [0.2, 0.25) is 0 Å². The first-order valence-corrected chi connectivity index (χ1v) is 10.7. The van der Waals surface area contributed by atoms with Crippen LogP contribution in [0.15, 0.2) is 41.2 Å². The second-order valence-electron chi connectivity index (χ2n) is 10.6. The Hall–Kier alpha value is -1.24. The lowest BCUT2D eigenvalue weighted by Gasteiger charge is -2.65. The monoisotopic (exact) mass is 352 g/mol. The largest absolute Gasteiger partial charge is 0.472 e. The van der Waals surface area contributed by atoms with Gasteiger partial charge in [0.25, 0.3) is 0 Å². The fraction of sp³-hybridized carbons (Fsp3) is 0.680. The molecule has 26 heavy (non-hydrogen) atoms. The van der Waals surface area contributed by atoms with Crippen molar-refractivity contribution in [3.05, 3.63) is 42.4 Å². The molecule has 4 rings (SSSR count). The van der Waals surface area contributed by atoms with E-state index in [1.807, 2.05) is 12.3 Å². The molecule has 0 radical (unpaired) electrons. The van der Waals surface area contributed by atoms with Crippen molar-refractivity contribution in [1.82, 2.24) is 0 Å². The number of hydrogen-bond donors (Lipinski definition) is 0. The average molecular weight is 353 g/mol. The van der Waals surface area contributed by atoms with Crippen molar-refractivity contribution in [3.63, 3.8) is 0 Å². The van der Waals surface area contributed by atoms with Gasteiger partial charge in [-0.1, -0.05) is 58.4 Å². The van der Waals surface area contributed by atoms with E-state index in [4.69, 9.17) is 4.42 Å². The summed E-state index contributed by atoms with van der Waals surface area (Å²) in [6.45, 7) is 14.8. The zero-order valence-electron chi connectivity index (χ0n) is 17.2. The Kier molecular flexibility index (Phi) is 4.29. The van der Waals surface area contributed by atoms with Crippen LogP contribution in [-0.2, 0) is 0 Å². The van der Waals surface area contributed by atoms with Crippen molar-refractivity contribution in [1.29, 1.82) is 0 Å². The Bertz CT molecular complexity index is 694. The van der Waals surface area contributed by atoms with Crippen molar-refractivity contribution in [3.8, 4) is 0 Å². The molecule has 1 nitrogen and oxygen atoms in total. The van der Waals surface area contributed by atoms with Crippen molar-refractivity contribution in [2.24, 2.45) is 34.0 Å². The summed E-state index contributed by atoms with van der Waals surface area (Å²) < 4.78 is 5.25. The Labute approximate surface area is 159 Å². The first-order chi connectivity index (χ1) is 12.3. The predicted octanol–water partition coefficient (Wildman–Crippen LogP) is 7.51. The van der Waals surface area contributed by atoms with E-state index in [1.54, 1.807) is 6.26 Å². The molecule has 1 heteroatoms. The lowest BCUT2D eigenvalue weighted by Crippen LogP contribution is -2.57. The van der Waals surface area contributed by atoms with Crippen molar-refractivity contribution < 1.29 is 4.42 Å². The Morgan fingerprint density at radius 3 is 2.58 bits per heavy atom. The molecular formula is C25H36O. The van der Waals surface area contributed by atoms with Crippen molar-refractivity contribution in [2.45, 2.75) is 72.6 Å². The molecule has 1 heterocycles. The summed E-state index contributed by atoms with van der Waals surface area (Å²) in [5, 5.41) is 0. The zero-order valence-corrected chi connectivity index (χ0v) is 17.2. The van der Waals surface area contributed by atoms with Crippen LogP contribution in [0.1, 0.15) is 78.2 Å². The summed E-state index contributed by atoms with van der Waals surface area (Å²) in [6, 6.07) is 2.05. The van der Waals surface area contributed by atoms with Crippen LogP contribution < -0.4 is 0 Å². The van der Waals surface area contributed by atoms with E-state index in [-0.39, 0.29) is 0 Å². The molecule has 5 atom stereocenters. The van der Waals surface area contributed by atoms with Gasteiger partial charge < -0.3 is 4.42 Å². The van der Waals surface area contributed by atoms with Gasteiger partial charge in [0.15, 0.2) is 0 Å². The molecule has 0 amide bonds. The van der Waals surface area contributed by atoms with E-state index >= 15 is 0 Å². The molecule has 142 valence electrons. The van der Waals surface area contributed by atoms with Gasteiger partial charge in [-0.3, -0.25) is 0 Å². The fourth-order valence-corrected chi connectivity index (χ4v) is 7.60. The molecule has 0 saturated heterocycles. The molecule has 0 bridgehead atoms. The zero-order chi connectivity index (χ0) is 18.6. The van der Waals surface area contributed by atoms with Crippen LogP contribution in [0.25, 0.3) is 6.08 Å². The highest BCUT2D eigenvalue weighted by atomic mass is 16.3. The Morgan fingerprint density at radius 2 is 1.85 bits per heavy atom. The molecule has 1 aromatic heterocycles. The number of allylic oxidation sites excluding steroid dienone is 2. The maximum absolute atomic E-state index is 5.25. The van der Waals surface area contributed by atoms with E-state index in [0.717, 1.165) is 11.8 Å². The van der Waals surface area contributed by atoms with Gasteiger partial charge in [0, 0.05) is 11.5 Å². The standard InChI is InChI=1S/C25H36O/c1-18-7-10-22-24(4,20(18)9-8-19-12-16-26-17-19)15-11-21-23(2,3)13-6-14-25(21,22)5/h8-9,12,16-17,20-22H,1,6-7,10-11,13-15H2,2-5H3/b9-8+/t20-,21+,22+,24+,25+/m1/s1. The third-order valence-corrected chi connectivity index (χ3v) is 8.77. The fourth-order valence-electron chi connectivity index (χ4n) is 7.60. The number of fused-ring (bicyclic) bond motifs is 3. The van der Waals surface area contributed by atoms with E-state index in [2.05, 4.69) is 46.4 Å². The highest BCUT2D eigenvalue weighted by Gasteiger charge is 2.60. The van der Waals surface area contributed by atoms with Crippen molar-refractivity contribution >= 4 is 6.08 Å². The summed E-state index contributed by atoms with van der Waals surface area (Å²) in [5.41, 5.74) is 3.97. The van der Waals surface area contributed by atoms with Crippen LogP contribution in [0, 0.1) is 34.0 Å². The number of rotatable bonds is 2. The molecule has 3 fully saturated rings. The van der Waals surface area contributed by atoms with E-state index in [1.165, 1.54) is 56.1 Å². The molecule has 3 aliphatic carbocycles. The third-order valence-electron chi connectivity index (χ3n) is 8.77. The van der Waals surface area contributed by atoms with Crippen molar-refractivity contribution in [2.75, 3.05) is 0 Å². The summed E-state index contributed by atoms with van der Waals surface area (Å²) in [7, 11) is 0. The predicted molar refractivity (Wildman–Crippen MR) is 110 cm³/mol. The molecule has 0 N–H and O–H groups in total. The molecule has 3 aliphatic rings. The number of hydrogen-bond acceptors (Lipinski definition) is 1. The van der Waals surface area contributed by atoms with Crippen LogP contribution in [0.5, 0.6) is 0 Å². The third kappa shape index (κ3) is 2.65. The summed E-state index contributed by atoms with van der Waals surface area (Å²) >= 11 is 0. The average Bonchev–Trinajstić information content (AvgIpc) is 3.06. The SMILES string of the molecule is C=C1CC[C@H]2[C@@](C)(CC[C@H]3C(C)(C)CCC[C@]23C)[C@@H]1/C=C/c1ccoc1. The normalized spacial score (nSPS) is 42.5. The Morgan fingerprint density at radius 1 is 1.04 bits per heavy atom. The molecular weight excluding hydrogens is 316 g/mol. The van der Waals surface area contributed by atoms with Gasteiger partial charge >= 0.3 is 0 Å². The molecule has 0 spiro atoms. The van der Waals surface area contributed by atoms with Crippen LogP contribution >= 0.6 is 0 Å². The smallest absolute Gasteiger partial charge is 0.0974 e. The minimum Gasteiger partial charge on any atom is -0.472 e. The van der Waals surface area contributed by atoms with Gasteiger partial charge in [0.1, 0.15) is 0 Å². The van der Waals surface area contributed by atoms with Gasteiger partial charge in [-0.2, -0.15) is 0 Å². The van der Waals surface area contributed by atoms with Gasteiger partial charge in [-0.25, -0.2) is 0 Å². The van der Waals surface area contributed by atoms with E-state index in [9.17, 15) is 0 Å². The summed E-state index contributed by atoms with van der Waals surface area (Å²) in [4.78, 5) is 0. The van der Waals surface area contributed by atoms with E-state index in [0.29, 0.717) is 22.2 Å². The number of furan rings is 1.